The van der Waals surface area contributed by atoms with Gasteiger partial charge in [0.25, 0.3) is 5.91 Å². The first-order chi connectivity index (χ1) is 15.0. The summed E-state index contributed by atoms with van der Waals surface area (Å²) in [6.45, 7) is 8.83. The van der Waals surface area contributed by atoms with Crippen LogP contribution in [0.1, 0.15) is 66.7 Å². The van der Waals surface area contributed by atoms with E-state index in [1.54, 1.807) is 34.6 Å². The van der Waals surface area contributed by atoms with Gasteiger partial charge in [0.05, 0.1) is 18.7 Å². The standard InChI is InChI=1S/C17H28N4O5.C2HF3O2/c1-6-9-11(15(23)25-7-2)10(8-20-14(22)13(18)19)21-12(9)16(24)26-17(3,4)5;3-2(4,5)1(6)7/h13,21H,6-8,18-19H2,1-5H3,(H,20,22);(H,6,7). The number of rotatable bonds is 7. The van der Waals surface area contributed by atoms with E-state index in [2.05, 4.69) is 10.3 Å². The van der Waals surface area contributed by atoms with Crippen molar-refractivity contribution in [3.05, 3.63) is 22.5 Å². The van der Waals surface area contributed by atoms with Crippen LogP contribution < -0.4 is 16.8 Å². The molecule has 0 saturated heterocycles. The number of hydrogen-bond acceptors (Lipinski definition) is 8. The van der Waals surface area contributed by atoms with Crippen LogP contribution in [-0.2, 0) is 32.0 Å². The van der Waals surface area contributed by atoms with Crippen LogP contribution in [0.15, 0.2) is 0 Å². The van der Waals surface area contributed by atoms with Crippen molar-refractivity contribution in [1.82, 2.24) is 10.3 Å². The van der Waals surface area contributed by atoms with Gasteiger partial charge < -0.3 is 36.3 Å². The maximum atomic E-state index is 12.5. The van der Waals surface area contributed by atoms with Gasteiger partial charge in [0, 0.05) is 5.69 Å². The topological polar surface area (TPSA) is 187 Å². The molecule has 7 N–H and O–H groups in total. The van der Waals surface area contributed by atoms with Crippen molar-refractivity contribution < 1.29 is 46.9 Å². The Balaban J connectivity index is 0.00000126. The van der Waals surface area contributed by atoms with Crippen LogP contribution in [0.4, 0.5) is 13.2 Å². The summed E-state index contributed by atoms with van der Waals surface area (Å²) in [6.07, 6.45) is -5.88. The summed E-state index contributed by atoms with van der Waals surface area (Å²) in [5.41, 5.74) is 11.1. The van der Waals surface area contributed by atoms with Gasteiger partial charge in [-0.25, -0.2) is 14.4 Å². The number of carbonyl (C=O) groups excluding carboxylic acids is 3. The van der Waals surface area contributed by atoms with Crippen molar-refractivity contribution in [3.63, 3.8) is 0 Å². The van der Waals surface area contributed by atoms with E-state index in [0.29, 0.717) is 17.7 Å². The van der Waals surface area contributed by atoms with Crippen LogP contribution in [0, 0.1) is 0 Å². The lowest BCUT2D eigenvalue weighted by Crippen LogP contribution is -2.46. The molecule has 14 heteroatoms. The van der Waals surface area contributed by atoms with Crippen molar-refractivity contribution >= 4 is 23.8 Å². The lowest BCUT2D eigenvalue weighted by molar-refractivity contribution is -0.192. The lowest BCUT2D eigenvalue weighted by Gasteiger charge is -2.19. The number of ether oxygens (including phenoxy) is 2. The fourth-order valence-corrected chi connectivity index (χ4v) is 2.33. The summed E-state index contributed by atoms with van der Waals surface area (Å²) in [6, 6.07) is 0. The number of aromatic nitrogens is 1. The molecule has 1 heterocycles. The minimum absolute atomic E-state index is 0.0618. The Labute approximate surface area is 188 Å². The number of H-pyrrole nitrogens is 1. The summed E-state index contributed by atoms with van der Waals surface area (Å²) in [5, 5.41) is 9.63. The van der Waals surface area contributed by atoms with Gasteiger partial charge in [-0.1, -0.05) is 6.92 Å². The number of carbonyl (C=O) groups is 4. The number of esters is 2. The molecule has 0 aliphatic carbocycles. The molecule has 0 aliphatic rings. The molecule has 1 amide bonds. The highest BCUT2D eigenvalue weighted by atomic mass is 19.4. The molecule has 0 radical (unpaired) electrons. The van der Waals surface area contributed by atoms with Gasteiger partial charge in [-0.2, -0.15) is 13.2 Å². The van der Waals surface area contributed by atoms with E-state index in [4.69, 9.17) is 30.8 Å². The molecule has 0 fully saturated rings. The Hall–Kier alpha value is -3.13. The summed E-state index contributed by atoms with van der Waals surface area (Å²) in [7, 11) is 0. The van der Waals surface area contributed by atoms with Crippen molar-refractivity contribution in [1.29, 1.82) is 0 Å². The number of hydrogen-bond donors (Lipinski definition) is 5. The minimum atomic E-state index is -5.08. The fraction of sp³-hybridized carbons (Fsp3) is 0.579. The van der Waals surface area contributed by atoms with Crippen molar-refractivity contribution in [3.8, 4) is 0 Å². The van der Waals surface area contributed by atoms with Gasteiger partial charge in [-0.05, 0) is 39.7 Å². The number of nitrogens with two attached hydrogens (primary N) is 2. The number of alkyl halides is 3. The number of carboxylic acids is 1. The molecular formula is C19H29F3N4O7. The molecule has 33 heavy (non-hydrogen) atoms. The smallest absolute Gasteiger partial charge is 0.475 e. The number of nitrogens with one attached hydrogen (secondary N) is 2. The van der Waals surface area contributed by atoms with Gasteiger partial charge in [-0.3, -0.25) is 4.79 Å². The zero-order chi connectivity index (χ0) is 26.1. The normalized spacial score (nSPS) is 11.4. The largest absolute Gasteiger partial charge is 0.490 e. The Kier molecular flexibility index (Phi) is 11.0. The number of aliphatic carboxylic acids is 1. The second kappa shape index (κ2) is 12.2. The highest BCUT2D eigenvalue weighted by molar-refractivity contribution is 5.99. The monoisotopic (exact) mass is 482 g/mol. The highest BCUT2D eigenvalue weighted by Gasteiger charge is 2.38. The molecule has 1 aromatic rings. The second-order valence-electron chi connectivity index (χ2n) is 7.45. The van der Waals surface area contributed by atoms with E-state index in [9.17, 15) is 27.6 Å². The van der Waals surface area contributed by atoms with Gasteiger partial charge in [0.1, 0.15) is 17.5 Å². The first-order valence-corrected chi connectivity index (χ1v) is 9.69. The first-order valence-electron chi connectivity index (χ1n) is 9.69. The molecule has 0 bridgehead atoms. The molecule has 0 atom stereocenters. The molecule has 0 aliphatic heterocycles. The third-order valence-corrected chi connectivity index (χ3v) is 3.60. The Morgan fingerprint density at radius 2 is 1.61 bits per heavy atom. The second-order valence-corrected chi connectivity index (χ2v) is 7.45. The molecule has 0 aromatic carbocycles. The number of carboxylic acid groups (broad SMARTS) is 1. The lowest BCUT2D eigenvalue weighted by atomic mass is 10.1. The van der Waals surface area contributed by atoms with E-state index >= 15 is 0 Å². The quantitative estimate of drug-likeness (QED) is 0.281. The molecule has 0 saturated carbocycles. The predicted molar refractivity (Wildman–Crippen MR) is 109 cm³/mol. The van der Waals surface area contributed by atoms with E-state index in [1.165, 1.54) is 0 Å². The highest BCUT2D eigenvalue weighted by Crippen LogP contribution is 2.24. The Morgan fingerprint density at radius 3 is 1.97 bits per heavy atom. The van der Waals surface area contributed by atoms with Gasteiger partial charge in [0.15, 0.2) is 0 Å². The number of aromatic amines is 1. The average molecular weight is 482 g/mol. The molecule has 188 valence electrons. The van der Waals surface area contributed by atoms with Gasteiger partial charge in [-0.15, -0.1) is 0 Å². The van der Waals surface area contributed by atoms with E-state index in [-0.39, 0.29) is 24.4 Å². The molecule has 11 nitrogen and oxygen atoms in total. The summed E-state index contributed by atoms with van der Waals surface area (Å²) >= 11 is 0. The van der Waals surface area contributed by atoms with Crippen LogP contribution in [0.2, 0.25) is 0 Å². The summed E-state index contributed by atoms with van der Waals surface area (Å²) in [5.74, 6) is -4.52. The Morgan fingerprint density at radius 1 is 1.09 bits per heavy atom. The summed E-state index contributed by atoms with van der Waals surface area (Å²) in [4.78, 5) is 48.3. The van der Waals surface area contributed by atoms with Crippen molar-refractivity contribution in [2.45, 2.75) is 65.5 Å². The van der Waals surface area contributed by atoms with Crippen LogP contribution in [0.3, 0.4) is 0 Å². The molecule has 0 unspecified atom stereocenters. The Bertz CT molecular complexity index is 859. The first kappa shape index (κ1) is 29.9. The van der Waals surface area contributed by atoms with E-state index in [0.717, 1.165) is 0 Å². The summed E-state index contributed by atoms with van der Waals surface area (Å²) < 4.78 is 42.2. The molecule has 0 spiro atoms. The molecule has 1 rings (SSSR count). The maximum absolute atomic E-state index is 12.5. The van der Waals surface area contributed by atoms with Crippen LogP contribution in [-0.4, -0.2) is 58.5 Å². The van der Waals surface area contributed by atoms with Crippen molar-refractivity contribution in [2.24, 2.45) is 11.5 Å². The predicted octanol–water partition coefficient (Wildman–Crippen LogP) is 1.20. The molecule has 1 aromatic heterocycles. The minimum Gasteiger partial charge on any atom is -0.475 e. The average Bonchev–Trinajstić information content (AvgIpc) is 3.03. The van der Waals surface area contributed by atoms with E-state index in [1.807, 2.05) is 0 Å². The SMILES string of the molecule is CCOC(=O)c1c(CNC(=O)C(N)N)[nH]c(C(=O)OC(C)(C)C)c1CC.O=C(O)C(F)(F)F. The van der Waals surface area contributed by atoms with Gasteiger partial charge >= 0.3 is 24.1 Å². The zero-order valence-corrected chi connectivity index (χ0v) is 18.9. The zero-order valence-electron chi connectivity index (χ0n) is 18.9. The number of halogens is 3. The third kappa shape index (κ3) is 9.91. The van der Waals surface area contributed by atoms with Crippen LogP contribution >= 0.6 is 0 Å². The third-order valence-electron chi connectivity index (χ3n) is 3.60. The van der Waals surface area contributed by atoms with E-state index < -0.39 is 41.8 Å². The molecular weight excluding hydrogens is 453 g/mol. The number of amides is 1. The van der Waals surface area contributed by atoms with Crippen LogP contribution in [0.25, 0.3) is 0 Å². The van der Waals surface area contributed by atoms with Gasteiger partial charge in [0.2, 0.25) is 0 Å². The van der Waals surface area contributed by atoms with Crippen molar-refractivity contribution in [2.75, 3.05) is 6.61 Å². The maximum Gasteiger partial charge on any atom is 0.490 e. The fourth-order valence-electron chi connectivity index (χ4n) is 2.33. The van der Waals surface area contributed by atoms with Crippen LogP contribution in [0.5, 0.6) is 0 Å².